The SMILES string of the molecule is Nc1cc([N+](=O)[O-])c(Br)c(C(F)(F)F)c1. The molecule has 0 spiro atoms. The molecule has 1 aromatic carbocycles. The van der Waals surface area contributed by atoms with Crippen LogP contribution in [0.2, 0.25) is 0 Å². The van der Waals surface area contributed by atoms with Crippen molar-refractivity contribution >= 4 is 27.3 Å². The number of nitrogen functional groups attached to an aromatic ring is 1. The molecule has 4 nitrogen and oxygen atoms in total. The number of anilines is 1. The Morgan fingerprint density at radius 2 is 1.93 bits per heavy atom. The number of alkyl halides is 3. The predicted octanol–water partition coefficient (Wildman–Crippen LogP) is 2.96. The van der Waals surface area contributed by atoms with E-state index < -0.39 is 26.8 Å². The summed E-state index contributed by atoms with van der Waals surface area (Å²) in [7, 11) is 0. The van der Waals surface area contributed by atoms with Crippen molar-refractivity contribution in [1.29, 1.82) is 0 Å². The van der Waals surface area contributed by atoms with E-state index in [2.05, 4.69) is 15.9 Å². The van der Waals surface area contributed by atoms with E-state index in [-0.39, 0.29) is 5.69 Å². The molecule has 1 aromatic rings. The lowest BCUT2D eigenvalue weighted by Gasteiger charge is -2.09. The molecule has 0 fully saturated rings. The topological polar surface area (TPSA) is 69.2 Å². The molecule has 82 valence electrons. The Labute approximate surface area is 90.2 Å². The van der Waals surface area contributed by atoms with E-state index in [1.807, 2.05) is 0 Å². The number of benzene rings is 1. The van der Waals surface area contributed by atoms with Gasteiger partial charge < -0.3 is 5.73 Å². The number of rotatable bonds is 1. The van der Waals surface area contributed by atoms with Crippen molar-refractivity contribution in [1.82, 2.24) is 0 Å². The average Bonchev–Trinajstić information content (AvgIpc) is 2.06. The van der Waals surface area contributed by atoms with Crippen LogP contribution in [0, 0.1) is 10.1 Å². The second-order valence-electron chi connectivity index (χ2n) is 2.66. The fourth-order valence-corrected chi connectivity index (χ4v) is 1.57. The van der Waals surface area contributed by atoms with Gasteiger partial charge in [-0.25, -0.2) is 0 Å². The van der Waals surface area contributed by atoms with Gasteiger partial charge in [0, 0.05) is 11.8 Å². The van der Waals surface area contributed by atoms with Crippen LogP contribution in [0.15, 0.2) is 16.6 Å². The van der Waals surface area contributed by atoms with Crippen LogP contribution in [0.3, 0.4) is 0 Å². The Morgan fingerprint density at radius 1 is 1.40 bits per heavy atom. The molecule has 0 aliphatic rings. The van der Waals surface area contributed by atoms with Gasteiger partial charge in [-0.1, -0.05) is 0 Å². The first-order chi connectivity index (χ1) is 6.73. The van der Waals surface area contributed by atoms with Crippen LogP contribution in [0.25, 0.3) is 0 Å². The van der Waals surface area contributed by atoms with Gasteiger partial charge in [0.1, 0.15) is 4.47 Å². The van der Waals surface area contributed by atoms with Crippen LogP contribution >= 0.6 is 15.9 Å². The minimum atomic E-state index is -4.68. The summed E-state index contributed by atoms with van der Waals surface area (Å²) in [6, 6.07) is 1.50. The van der Waals surface area contributed by atoms with E-state index in [1.165, 1.54) is 0 Å². The summed E-state index contributed by atoms with van der Waals surface area (Å²) in [5.41, 5.74) is 2.97. The van der Waals surface area contributed by atoms with Gasteiger partial charge in [-0.05, 0) is 22.0 Å². The van der Waals surface area contributed by atoms with Crippen LogP contribution in [0.1, 0.15) is 5.56 Å². The number of nitrogens with zero attached hydrogens (tertiary/aromatic N) is 1. The first-order valence-corrected chi connectivity index (χ1v) is 4.33. The minimum Gasteiger partial charge on any atom is -0.399 e. The van der Waals surface area contributed by atoms with Gasteiger partial charge in [-0.15, -0.1) is 0 Å². The molecular weight excluding hydrogens is 281 g/mol. The maximum Gasteiger partial charge on any atom is 0.417 e. The lowest BCUT2D eigenvalue weighted by molar-refractivity contribution is -0.385. The molecule has 0 saturated carbocycles. The highest BCUT2D eigenvalue weighted by atomic mass is 79.9. The Hall–Kier alpha value is -1.31. The minimum absolute atomic E-state index is 0.308. The van der Waals surface area contributed by atoms with E-state index in [4.69, 9.17) is 5.73 Å². The zero-order valence-corrected chi connectivity index (χ0v) is 8.59. The Balaban J connectivity index is 3.49. The van der Waals surface area contributed by atoms with Gasteiger partial charge in [0.2, 0.25) is 0 Å². The Kier molecular flexibility index (Phi) is 2.89. The van der Waals surface area contributed by atoms with Gasteiger partial charge in [0.05, 0.1) is 10.5 Å². The molecule has 0 aliphatic carbocycles. The number of nitro benzene ring substituents is 1. The summed E-state index contributed by atoms with van der Waals surface area (Å²) < 4.78 is 36.5. The molecule has 0 heterocycles. The molecule has 0 radical (unpaired) electrons. The van der Waals surface area contributed by atoms with Crippen molar-refractivity contribution in [3.8, 4) is 0 Å². The molecular formula is C7H4BrF3N2O2. The van der Waals surface area contributed by atoms with Crippen molar-refractivity contribution in [2.75, 3.05) is 5.73 Å². The summed E-state index contributed by atoms with van der Waals surface area (Å²) in [5.74, 6) is 0. The molecule has 0 bridgehead atoms. The van der Waals surface area contributed by atoms with Gasteiger partial charge in [0.25, 0.3) is 5.69 Å². The normalized spacial score (nSPS) is 11.5. The van der Waals surface area contributed by atoms with Crippen LogP contribution < -0.4 is 5.73 Å². The average molecular weight is 285 g/mol. The number of hydrogen-bond acceptors (Lipinski definition) is 3. The fraction of sp³-hybridized carbons (Fsp3) is 0.143. The van der Waals surface area contributed by atoms with Crippen molar-refractivity contribution in [2.24, 2.45) is 0 Å². The molecule has 0 saturated heterocycles. The van der Waals surface area contributed by atoms with E-state index in [0.29, 0.717) is 6.07 Å². The summed E-state index contributed by atoms with van der Waals surface area (Å²) in [4.78, 5) is 9.47. The van der Waals surface area contributed by atoms with Gasteiger partial charge in [-0.2, -0.15) is 13.2 Å². The van der Waals surface area contributed by atoms with Gasteiger partial charge in [0.15, 0.2) is 0 Å². The predicted molar refractivity (Wildman–Crippen MR) is 50.2 cm³/mol. The first kappa shape index (κ1) is 11.8. The highest BCUT2D eigenvalue weighted by Gasteiger charge is 2.36. The lowest BCUT2D eigenvalue weighted by atomic mass is 10.1. The maximum atomic E-state index is 12.4. The Morgan fingerprint density at radius 3 is 2.33 bits per heavy atom. The quantitative estimate of drug-likeness (QED) is 0.490. The number of nitrogens with two attached hydrogens (primary N) is 1. The molecule has 8 heteroatoms. The summed E-state index contributed by atoms with van der Waals surface area (Å²) in [6.07, 6.45) is -4.68. The monoisotopic (exact) mass is 284 g/mol. The van der Waals surface area contributed by atoms with E-state index in [9.17, 15) is 23.3 Å². The third kappa shape index (κ3) is 2.38. The molecule has 0 atom stereocenters. The molecule has 1 rings (SSSR count). The highest BCUT2D eigenvalue weighted by Crippen LogP contribution is 2.40. The molecule has 0 aliphatic heterocycles. The fourth-order valence-electron chi connectivity index (χ4n) is 0.970. The molecule has 0 amide bonds. The number of hydrogen-bond donors (Lipinski definition) is 1. The van der Waals surface area contributed by atoms with Gasteiger partial charge >= 0.3 is 6.18 Å². The zero-order chi connectivity index (χ0) is 11.8. The molecule has 15 heavy (non-hydrogen) atoms. The van der Waals surface area contributed by atoms with Crippen LogP contribution in [0.5, 0.6) is 0 Å². The molecule has 0 unspecified atom stereocenters. The maximum absolute atomic E-state index is 12.4. The third-order valence-corrected chi connectivity index (χ3v) is 2.41. The lowest BCUT2D eigenvalue weighted by Crippen LogP contribution is -2.08. The number of nitro groups is 1. The zero-order valence-electron chi connectivity index (χ0n) is 7.01. The first-order valence-electron chi connectivity index (χ1n) is 3.54. The van der Waals surface area contributed by atoms with E-state index in [1.54, 1.807) is 0 Å². The molecule has 0 aromatic heterocycles. The third-order valence-electron chi connectivity index (χ3n) is 1.58. The van der Waals surface area contributed by atoms with Crippen molar-refractivity contribution in [3.63, 3.8) is 0 Å². The van der Waals surface area contributed by atoms with Crippen LogP contribution in [0.4, 0.5) is 24.5 Å². The second kappa shape index (κ2) is 3.69. The summed E-state index contributed by atoms with van der Waals surface area (Å²) >= 11 is 2.53. The van der Waals surface area contributed by atoms with Gasteiger partial charge in [-0.3, -0.25) is 10.1 Å². The highest BCUT2D eigenvalue weighted by molar-refractivity contribution is 9.10. The van der Waals surface area contributed by atoms with Crippen LogP contribution in [-0.2, 0) is 6.18 Å². The smallest absolute Gasteiger partial charge is 0.399 e. The van der Waals surface area contributed by atoms with E-state index >= 15 is 0 Å². The van der Waals surface area contributed by atoms with Crippen molar-refractivity contribution in [2.45, 2.75) is 6.18 Å². The largest absolute Gasteiger partial charge is 0.417 e. The van der Waals surface area contributed by atoms with Crippen molar-refractivity contribution in [3.05, 3.63) is 32.3 Å². The van der Waals surface area contributed by atoms with Crippen molar-refractivity contribution < 1.29 is 18.1 Å². The van der Waals surface area contributed by atoms with Crippen LogP contribution in [-0.4, -0.2) is 4.92 Å². The summed E-state index contributed by atoms with van der Waals surface area (Å²) in [5, 5.41) is 10.4. The van der Waals surface area contributed by atoms with E-state index in [0.717, 1.165) is 6.07 Å². The standard InChI is InChI=1S/C7H4BrF3N2O2/c8-6-4(7(9,10)11)1-3(12)2-5(6)13(14)15/h1-2H,12H2. The molecule has 2 N–H and O–H groups in total. The second-order valence-corrected chi connectivity index (χ2v) is 3.45. The Bertz CT molecular complexity index is 419. The number of halogens is 4. The summed E-state index contributed by atoms with van der Waals surface area (Å²) in [6.45, 7) is 0.